The van der Waals surface area contributed by atoms with Crippen molar-refractivity contribution in [3.8, 4) is 17.0 Å². The largest absolute Gasteiger partial charge is 0.496 e. The predicted octanol–water partition coefficient (Wildman–Crippen LogP) is 2.88. The maximum atomic E-state index is 12.1. The van der Waals surface area contributed by atoms with E-state index in [-0.39, 0.29) is 17.8 Å². The molecule has 0 saturated carbocycles. The second-order valence-corrected chi connectivity index (χ2v) is 5.34. The number of aromatic nitrogens is 2. The number of nitrogens with zero attached hydrogens (tertiary/aromatic N) is 3. The second kappa shape index (κ2) is 6.96. The van der Waals surface area contributed by atoms with Gasteiger partial charge in [-0.25, -0.2) is 4.68 Å². The Hall–Kier alpha value is -3.48. The third-order valence-electron chi connectivity index (χ3n) is 3.73. The first-order valence-electron chi connectivity index (χ1n) is 7.53. The molecule has 0 aliphatic heterocycles. The molecule has 1 aromatic heterocycles. The number of hydrogen-bond acceptors (Lipinski definition) is 5. The lowest BCUT2D eigenvalue weighted by Crippen LogP contribution is -2.22. The highest BCUT2D eigenvalue weighted by Gasteiger charge is 2.10. The molecule has 0 radical (unpaired) electrons. The molecule has 0 bridgehead atoms. The van der Waals surface area contributed by atoms with Crippen molar-refractivity contribution in [1.82, 2.24) is 9.78 Å². The van der Waals surface area contributed by atoms with Gasteiger partial charge >= 0.3 is 0 Å². The first-order chi connectivity index (χ1) is 12.1. The number of hydrogen-bond donors (Lipinski definition) is 0. The Morgan fingerprint density at radius 3 is 2.48 bits per heavy atom. The van der Waals surface area contributed by atoms with Crippen LogP contribution in [-0.2, 0) is 6.54 Å². The molecule has 25 heavy (non-hydrogen) atoms. The predicted molar refractivity (Wildman–Crippen MR) is 92.7 cm³/mol. The number of benzene rings is 2. The van der Waals surface area contributed by atoms with Crippen LogP contribution in [0, 0.1) is 10.1 Å². The summed E-state index contributed by atoms with van der Waals surface area (Å²) in [6.45, 7) is 0.222. The van der Waals surface area contributed by atoms with E-state index >= 15 is 0 Å². The maximum Gasteiger partial charge on any atom is 0.269 e. The van der Waals surface area contributed by atoms with Crippen molar-refractivity contribution >= 4 is 5.69 Å². The molecule has 0 saturated heterocycles. The molecule has 3 rings (SSSR count). The fraction of sp³-hybridized carbons (Fsp3) is 0.111. The van der Waals surface area contributed by atoms with E-state index in [2.05, 4.69) is 5.10 Å². The average molecular weight is 337 g/mol. The van der Waals surface area contributed by atoms with Crippen LogP contribution < -0.4 is 10.3 Å². The summed E-state index contributed by atoms with van der Waals surface area (Å²) in [5.74, 6) is 0.663. The molecular formula is C18H15N3O4. The van der Waals surface area contributed by atoms with Crippen LogP contribution >= 0.6 is 0 Å². The Morgan fingerprint density at radius 2 is 1.80 bits per heavy atom. The molecule has 0 aliphatic carbocycles. The van der Waals surface area contributed by atoms with Crippen molar-refractivity contribution in [2.24, 2.45) is 0 Å². The van der Waals surface area contributed by atoms with Crippen LogP contribution in [0.4, 0.5) is 5.69 Å². The first kappa shape index (κ1) is 16.4. The van der Waals surface area contributed by atoms with Gasteiger partial charge in [-0.2, -0.15) is 5.10 Å². The monoisotopic (exact) mass is 337 g/mol. The normalized spacial score (nSPS) is 10.4. The highest BCUT2D eigenvalue weighted by atomic mass is 16.6. The minimum Gasteiger partial charge on any atom is -0.496 e. The zero-order valence-corrected chi connectivity index (χ0v) is 13.5. The Bertz CT molecular complexity index is 965. The zero-order valence-electron chi connectivity index (χ0n) is 13.5. The average Bonchev–Trinajstić information content (AvgIpc) is 2.64. The topological polar surface area (TPSA) is 87.3 Å². The van der Waals surface area contributed by atoms with Gasteiger partial charge in [0, 0.05) is 23.8 Å². The van der Waals surface area contributed by atoms with Gasteiger partial charge in [-0.05, 0) is 23.8 Å². The minimum atomic E-state index is -0.462. The number of nitro groups is 1. The number of para-hydroxylation sites is 1. The zero-order chi connectivity index (χ0) is 17.8. The van der Waals surface area contributed by atoms with Gasteiger partial charge in [0.25, 0.3) is 11.2 Å². The van der Waals surface area contributed by atoms with Crippen LogP contribution in [0.2, 0.25) is 0 Å². The molecule has 0 fully saturated rings. The molecular weight excluding hydrogens is 322 g/mol. The van der Waals surface area contributed by atoms with Crippen LogP contribution in [0.5, 0.6) is 5.75 Å². The molecule has 0 aliphatic rings. The van der Waals surface area contributed by atoms with Gasteiger partial charge in [0.1, 0.15) is 5.75 Å². The van der Waals surface area contributed by atoms with Crippen LogP contribution in [-0.4, -0.2) is 21.8 Å². The molecule has 0 spiro atoms. The summed E-state index contributed by atoms with van der Waals surface area (Å²) in [5.41, 5.74) is 1.89. The molecule has 0 N–H and O–H groups in total. The van der Waals surface area contributed by atoms with Crippen molar-refractivity contribution in [2.45, 2.75) is 6.54 Å². The minimum absolute atomic E-state index is 0.00632. The van der Waals surface area contributed by atoms with Crippen molar-refractivity contribution in [1.29, 1.82) is 0 Å². The van der Waals surface area contributed by atoms with Crippen molar-refractivity contribution in [3.05, 3.63) is 86.7 Å². The lowest BCUT2D eigenvalue weighted by atomic mass is 10.1. The highest BCUT2D eigenvalue weighted by Crippen LogP contribution is 2.27. The summed E-state index contributed by atoms with van der Waals surface area (Å²) < 4.78 is 6.65. The highest BCUT2D eigenvalue weighted by molar-refractivity contribution is 5.66. The Morgan fingerprint density at radius 1 is 1.08 bits per heavy atom. The van der Waals surface area contributed by atoms with Crippen molar-refractivity contribution in [2.75, 3.05) is 7.11 Å². The number of methoxy groups -OCH3 is 1. The number of ether oxygens (including phenoxy) is 1. The molecule has 1 heterocycles. The summed E-state index contributed by atoms with van der Waals surface area (Å²) in [7, 11) is 1.58. The molecule has 7 heteroatoms. The standard InChI is InChI=1S/C18H15N3O4/c1-25-17-5-3-2-4-15(17)16-10-11-18(22)20(19-16)12-13-6-8-14(9-7-13)21(23)24/h2-11H,12H2,1H3. The smallest absolute Gasteiger partial charge is 0.269 e. The van der Waals surface area contributed by atoms with Crippen LogP contribution in [0.3, 0.4) is 0 Å². The molecule has 0 unspecified atom stereocenters. The summed E-state index contributed by atoms with van der Waals surface area (Å²) in [6.07, 6.45) is 0. The summed E-state index contributed by atoms with van der Waals surface area (Å²) in [6, 6.07) is 16.5. The molecule has 126 valence electrons. The van der Waals surface area contributed by atoms with E-state index in [1.807, 2.05) is 24.3 Å². The summed E-state index contributed by atoms with van der Waals surface area (Å²) >= 11 is 0. The van der Waals surface area contributed by atoms with E-state index in [1.54, 1.807) is 25.3 Å². The van der Waals surface area contributed by atoms with Crippen LogP contribution in [0.15, 0.2) is 65.5 Å². The van der Waals surface area contributed by atoms with Gasteiger partial charge in [-0.15, -0.1) is 0 Å². The van der Waals surface area contributed by atoms with Crippen molar-refractivity contribution in [3.63, 3.8) is 0 Å². The fourth-order valence-corrected chi connectivity index (χ4v) is 2.46. The van der Waals surface area contributed by atoms with E-state index < -0.39 is 4.92 Å². The molecule has 0 atom stereocenters. The van der Waals surface area contributed by atoms with Gasteiger partial charge in [0.2, 0.25) is 0 Å². The van der Waals surface area contributed by atoms with E-state index in [4.69, 9.17) is 4.74 Å². The Balaban J connectivity index is 1.94. The maximum absolute atomic E-state index is 12.1. The Kier molecular flexibility index (Phi) is 4.56. The van der Waals surface area contributed by atoms with Gasteiger partial charge in [-0.3, -0.25) is 14.9 Å². The van der Waals surface area contributed by atoms with E-state index in [9.17, 15) is 14.9 Å². The van der Waals surface area contributed by atoms with E-state index in [0.29, 0.717) is 11.4 Å². The SMILES string of the molecule is COc1ccccc1-c1ccc(=O)n(Cc2ccc([N+](=O)[O-])cc2)n1. The van der Waals surface area contributed by atoms with E-state index in [1.165, 1.54) is 22.9 Å². The fourth-order valence-electron chi connectivity index (χ4n) is 2.46. The van der Waals surface area contributed by atoms with Crippen molar-refractivity contribution < 1.29 is 9.66 Å². The van der Waals surface area contributed by atoms with E-state index in [0.717, 1.165) is 11.1 Å². The molecule has 3 aromatic rings. The lowest BCUT2D eigenvalue weighted by Gasteiger charge is -2.10. The summed E-state index contributed by atoms with van der Waals surface area (Å²) in [4.78, 5) is 22.3. The lowest BCUT2D eigenvalue weighted by molar-refractivity contribution is -0.384. The molecule has 7 nitrogen and oxygen atoms in total. The molecule has 2 aromatic carbocycles. The first-order valence-corrected chi connectivity index (χ1v) is 7.53. The van der Waals surface area contributed by atoms with Gasteiger partial charge in [-0.1, -0.05) is 24.3 Å². The number of rotatable bonds is 5. The summed E-state index contributed by atoms with van der Waals surface area (Å²) in [5, 5.41) is 15.1. The third-order valence-corrected chi connectivity index (χ3v) is 3.73. The van der Waals surface area contributed by atoms with Crippen LogP contribution in [0.1, 0.15) is 5.56 Å². The van der Waals surface area contributed by atoms with Gasteiger partial charge < -0.3 is 4.74 Å². The third kappa shape index (κ3) is 3.55. The second-order valence-electron chi connectivity index (χ2n) is 5.34. The Labute approximate surface area is 143 Å². The molecule has 0 amide bonds. The van der Waals surface area contributed by atoms with Crippen LogP contribution in [0.25, 0.3) is 11.3 Å². The quantitative estimate of drug-likeness (QED) is 0.528. The van der Waals surface area contributed by atoms with Gasteiger partial charge in [0.15, 0.2) is 0 Å². The number of non-ortho nitro benzene ring substituents is 1. The number of nitro benzene ring substituents is 1. The van der Waals surface area contributed by atoms with Gasteiger partial charge in [0.05, 0.1) is 24.3 Å².